The molecule has 2 unspecified atom stereocenters. The maximum atomic E-state index is 12.6. The normalized spacial score (nSPS) is 44.8. The third-order valence-electron chi connectivity index (χ3n) is 7.09. The van der Waals surface area contributed by atoms with Crippen LogP contribution in [0.4, 0.5) is 0 Å². The lowest BCUT2D eigenvalue weighted by Gasteiger charge is -2.57. The Hall–Kier alpha value is -0.570. The van der Waals surface area contributed by atoms with Gasteiger partial charge in [-0.2, -0.15) is 0 Å². The van der Waals surface area contributed by atoms with Crippen molar-refractivity contribution >= 4 is 5.91 Å². The monoisotopic (exact) mass is 304 g/mol. The van der Waals surface area contributed by atoms with E-state index in [4.69, 9.17) is 0 Å². The van der Waals surface area contributed by atoms with E-state index < -0.39 is 0 Å². The maximum Gasteiger partial charge on any atom is 0.220 e. The number of piperidine rings is 1. The van der Waals surface area contributed by atoms with Crippen molar-refractivity contribution in [1.82, 2.24) is 10.6 Å². The average Bonchev–Trinajstić information content (AvgIpc) is 2.45. The lowest BCUT2D eigenvalue weighted by atomic mass is 9.53. The molecule has 1 saturated heterocycles. The van der Waals surface area contributed by atoms with Crippen LogP contribution in [0.2, 0.25) is 0 Å². The number of hydrogen-bond donors (Lipinski definition) is 2. The second kappa shape index (κ2) is 5.81. The fourth-order valence-corrected chi connectivity index (χ4v) is 6.43. The van der Waals surface area contributed by atoms with Gasteiger partial charge in [0.25, 0.3) is 0 Å². The Morgan fingerprint density at radius 2 is 1.82 bits per heavy atom. The first-order valence-electron chi connectivity index (χ1n) is 9.64. The van der Waals surface area contributed by atoms with E-state index in [9.17, 15) is 4.79 Å². The molecule has 5 fully saturated rings. The molecule has 0 aromatic carbocycles. The Labute approximate surface area is 135 Å². The van der Waals surface area contributed by atoms with Crippen LogP contribution < -0.4 is 10.6 Å². The van der Waals surface area contributed by atoms with E-state index in [0.29, 0.717) is 17.7 Å². The molecule has 3 heteroatoms. The predicted molar refractivity (Wildman–Crippen MR) is 88.4 cm³/mol. The molecule has 3 nitrogen and oxygen atoms in total. The molecule has 5 rings (SSSR count). The summed E-state index contributed by atoms with van der Waals surface area (Å²) in [6, 6.07) is 0. The number of nitrogens with one attached hydrogen (secondary N) is 2. The number of hydrogen-bond acceptors (Lipinski definition) is 2. The van der Waals surface area contributed by atoms with Crippen LogP contribution >= 0.6 is 0 Å². The summed E-state index contributed by atoms with van der Waals surface area (Å²) in [4.78, 5) is 12.6. The van der Waals surface area contributed by atoms with Crippen LogP contribution in [0.1, 0.15) is 64.7 Å². The Kier molecular flexibility index (Phi) is 3.96. The predicted octanol–water partition coefficient (Wildman–Crippen LogP) is 3.10. The van der Waals surface area contributed by atoms with Gasteiger partial charge in [-0.3, -0.25) is 4.79 Å². The van der Waals surface area contributed by atoms with Crippen LogP contribution in [0.3, 0.4) is 0 Å². The van der Waals surface area contributed by atoms with Crippen molar-refractivity contribution in [2.24, 2.45) is 29.6 Å². The van der Waals surface area contributed by atoms with E-state index in [1.54, 1.807) is 0 Å². The summed E-state index contributed by atoms with van der Waals surface area (Å²) < 4.78 is 0. The van der Waals surface area contributed by atoms with Crippen LogP contribution in [-0.2, 0) is 4.79 Å². The first-order valence-corrected chi connectivity index (χ1v) is 9.64. The van der Waals surface area contributed by atoms with Crippen molar-refractivity contribution in [3.8, 4) is 0 Å². The summed E-state index contributed by atoms with van der Waals surface area (Å²) in [7, 11) is 0. The number of rotatable bonds is 4. The van der Waals surface area contributed by atoms with Crippen LogP contribution in [0.5, 0.6) is 0 Å². The number of carbonyl (C=O) groups excluding carboxylic acids is 1. The van der Waals surface area contributed by atoms with Gasteiger partial charge in [0.2, 0.25) is 5.91 Å². The zero-order valence-electron chi connectivity index (χ0n) is 14.1. The van der Waals surface area contributed by atoms with Gasteiger partial charge >= 0.3 is 0 Å². The summed E-state index contributed by atoms with van der Waals surface area (Å²) >= 11 is 0. The van der Waals surface area contributed by atoms with Crippen molar-refractivity contribution in [2.45, 2.75) is 70.3 Å². The molecule has 124 valence electrons. The zero-order valence-corrected chi connectivity index (χ0v) is 14.1. The Balaban J connectivity index is 1.34. The van der Waals surface area contributed by atoms with Gasteiger partial charge in [0.15, 0.2) is 0 Å². The highest BCUT2D eigenvalue weighted by molar-refractivity contribution is 5.77. The topological polar surface area (TPSA) is 41.1 Å². The highest BCUT2D eigenvalue weighted by Gasteiger charge is 2.51. The van der Waals surface area contributed by atoms with Gasteiger partial charge in [-0.25, -0.2) is 0 Å². The van der Waals surface area contributed by atoms with Crippen molar-refractivity contribution in [1.29, 1.82) is 0 Å². The molecular weight excluding hydrogens is 272 g/mol. The molecule has 4 saturated carbocycles. The summed E-state index contributed by atoms with van der Waals surface area (Å²) in [5.74, 6) is 4.27. The molecule has 2 atom stereocenters. The minimum absolute atomic E-state index is 0.191. The van der Waals surface area contributed by atoms with Gasteiger partial charge < -0.3 is 10.6 Å². The summed E-state index contributed by atoms with van der Waals surface area (Å²) in [6.07, 6.45) is 11.4. The smallest absolute Gasteiger partial charge is 0.220 e. The first kappa shape index (κ1) is 15.0. The maximum absolute atomic E-state index is 12.6. The lowest BCUT2D eigenvalue weighted by Crippen LogP contribution is -2.60. The fourth-order valence-electron chi connectivity index (χ4n) is 6.43. The van der Waals surface area contributed by atoms with E-state index in [-0.39, 0.29) is 5.54 Å². The molecule has 4 bridgehead atoms. The van der Waals surface area contributed by atoms with E-state index in [1.165, 1.54) is 51.4 Å². The van der Waals surface area contributed by atoms with E-state index >= 15 is 0 Å². The zero-order chi connectivity index (χ0) is 15.2. The molecule has 0 aromatic heterocycles. The van der Waals surface area contributed by atoms with Crippen molar-refractivity contribution in [2.75, 3.05) is 13.1 Å². The van der Waals surface area contributed by atoms with Gasteiger partial charge in [0.05, 0.1) is 0 Å². The minimum Gasteiger partial charge on any atom is -0.351 e. The quantitative estimate of drug-likeness (QED) is 0.838. The lowest BCUT2D eigenvalue weighted by molar-refractivity contribution is -0.128. The number of amides is 1. The van der Waals surface area contributed by atoms with Gasteiger partial charge in [0, 0.05) is 12.0 Å². The molecule has 1 amide bonds. The van der Waals surface area contributed by atoms with Crippen LogP contribution in [-0.4, -0.2) is 24.5 Å². The minimum atomic E-state index is 0.191. The Bertz CT molecular complexity index is 392. The van der Waals surface area contributed by atoms with Gasteiger partial charge in [-0.1, -0.05) is 6.92 Å². The molecule has 0 aromatic rings. The SMILES string of the molecule is CC(CC(=O)NC12CC3CC(CC(C3)C1)C2)C1CCCNC1. The molecule has 1 heterocycles. The molecule has 0 radical (unpaired) electrons. The first-order chi connectivity index (χ1) is 10.6. The van der Waals surface area contributed by atoms with Gasteiger partial charge in [-0.05, 0) is 94.0 Å². The van der Waals surface area contributed by atoms with E-state index in [2.05, 4.69) is 17.6 Å². The summed E-state index contributed by atoms with van der Waals surface area (Å²) in [6.45, 7) is 4.53. The standard InChI is InChI=1S/C19H32N2O/c1-13(17-3-2-4-20-12-17)5-18(22)21-19-9-14-6-15(10-19)8-16(7-14)11-19/h13-17,20H,2-12H2,1H3,(H,21,22). The molecule has 0 spiro atoms. The second-order valence-corrected chi connectivity index (χ2v) is 9.03. The summed E-state index contributed by atoms with van der Waals surface area (Å²) in [5.41, 5.74) is 0.191. The van der Waals surface area contributed by atoms with Crippen LogP contribution in [0.25, 0.3) is 0 Å². The summed E-state index contributed by atoms with van der Waals surface area (Å²) in [5, 5.41) is 7.02. The molecular formula is C19H32N2O. The fraction of sp³-hybridized carbons (Fsp3) is 0.947. The Morgan fingerprint density at radius 3 is 2.36 bits per heavy atom. The van der Waals surface area contributed by atoms with Crippen molar-refractivity contribution in [3.63, 3.8) is 0 Å². The van der Waals surface area contributed by atoms with Gasteiger partial charge in [0.1, 0.15) is 0 Å². The second-order valence-electron chi connectivity index (χ2n) is 9.03. The van der Waals surface area contributed by atoms with Gasteiger partial charge in [-0.15, -0.1) is 0 Å². The third kappa shape index (κ3) is 2.93. The molecule has 5 aliphatic rings. The third-order valence-corrected chi connectivity index (χ3v) is 7.09. The molecule has 22 heavy (non-hydrogen) atoms. The van der Waals surface area contributed by atoms with Crippen molar-refractivity contribution < 1.29 is 4.79 Å². The van der Waals surface area contributed by atoms with Crippen LogP contribution in [0.15, 0.2) is 0 Å². The highest BCUT2D eigenvalue weighted by atomic mass is 16.1. The molecule has 1 aliphatic heterocycles. The Morgan fingerprint density at radius 1 is 1.18 bits per heavy atom. The van der Waals surface area contributed by atoms with E-state index in [1.807, 2.05) is 0 Å². The molecule has 2 N–H and O–H groups in total. The average molecular weight is 304 g/mol. The number of carbonyl (C=O) groups is 1. The highest BCUT2D eigenvalue weighted by Crippen LogP contribution is 2.55. The largest absolute Gasteiger partial charge is 0.351 e. The van der Waals surface area contributed by atoms with Crippen molar-refractivity contribution in [3.05, 3.63) is 0 Å². The molecule has 4 aliphatic carbocycles. The van der Waals surface area contributed by atoms with Crippen LogP contribution in [0, 0.1) is 29.6 Å². The van der Waals surface area contributed by atoms with E-state index in [0.717, 1.165) is 37.3 Å².